The molecule has 5 rings (SSSR count). The number of benzene rings is 3. The van der Waals surface area contributed by atoms with Gasteiger partial charge in [-0.25, -0.2) is 0 Å². The Labute approximate surface area is 186 Å². The van der Waals surface area contributed by atoms with Crippen molar-refractivity contribution in [2.24, 2.45) is 0 Å². The van der Waals surface area contributed by atoms with Crippen molar-refractivity contribution < 1.29 is 9.59 Å². The SMILES string of the molecule is O=C1Nc2cc(C(=O)N3CCN(Cc4ccccc4)CC3)ccc2Sc2ccccc21. The minimum Gasteiger partial charge on any atom is -0.336 e. The number of rotatable bonds is 3. The maximum absolute atomic E-state index is 13.1. The van der Waals surface area contributed by atoms with Crippen LogP contribution in [0.3, 0.4) is 0 Å². The highest BCUT2D eigenvalue weighted by Gasteiger charge is 2.25. The van der Waals surface area contributed by atoms with Gasteiger partial charge in [0.1, 0.15) is 0 Å². The van der Waals surface area contributed by atoms with E-state index in [2.05, 4.69) is 34.5 Å². The molecule has 0 radical (unpaired) electrons. The highest BCUT2D eigenvalue weighted by Crippen LogP contribution is 2.39. The number of anilines is 1. The number of fused-ring (bicyclic) bond motifs is 2. The van der Waals surface area contributed by atoms with E-state index in [-0.39, 0.29) is 11.8 Å². The van der Waals surface area contributed by atoms with E-state index < -0.39 is 0 Å². The molecule has 3 aromatic carbocycles. The molecule has 1 fully saturated rings. The number of hydrogen-bond acceptors (Lipinski definition) is 4. The molecule has 156 valence electrons. The minimum absolute atomic E-state index is 0.0168. The molecule has 6 heteroatoms. The van der Waals surface area contributed by atoms with Gasteiger partial charge in [-0.3, -0.25) is 14.5 Å². The van der Waals surface area contributed by atoms with Crippen molar-refractivity contribution in [2.75, 3.05) is 31.5 Å². The summed E-state index contributed by atoms with van der Waals surface area (Å²) in [6, 6.07) is 23.6. The van der Waals surface area contributed by atoms with E-state index in [1.165, 1.54) is 5.56 Å². The summed E-state index contributed by atoms with van der Waals surface area (Å²) in [5.74, 6) is -0.121. The average Bonchev–Trinajstić information content (AvgIpc) is 2.95. The van der Waals surface area contributed by atoms with Gasteiger partial charge in [0.2, 0.25) is 0 Å². The van der Waals surface area contributed by atoms with Gasteiger partial charge in [-0.05, 0) is 35.9 Å². The van der Waals surface area contributed by atoms with Crippen molar-refractivity contribution in [3.8, 4) is 0 Å². The number of nitrogens with one attached hydrogen (secondary N) is 1. The van der Waals surface area contributed by atoms with Gasteiger partial charge in [0.15, 0.2) is 0 Å². The van der Waals surface area contributed by atoms with E-state index >= 15 is 0 Å². The number of carbonyl (C=O) groups is 2. The lowest BCUT2D eigenvalue weighted by Crippen LogP contribution is -2.48. The molecule has 0 saturated carbocycles. The third-order valence-corrected chi connectivity index (χ3v) is 6.89. The molecule has 0 aliphatic carbocycles. The Bertz CT molecular complexity index is 1120. The molecule has 2 aliphatic rings. The molecule has 2 amide bonds. The maximum atomic E-state index is 13.1. The smallest absolute Gasteiger partial charge is 0.256 e. The lowest BCUT2D eigenvalue weighted by atomic mass is 10.1. The lowest BCUT2D eigenvalue weighted by molar-refractivity contribution is 0.0628. The van der Waals surface area contributed by atoms with Crippen molar-refractivity contribution in [2.45, 2.75) is 16.3 Å². The number of carbonyl (C=O) groups excluding carboxylic acids is 2. The van der Waals surface area contributed by atoms with Crippen molar-refractivity contribution in [1.82, 2.24) is 9.80 Å². The van der Waals surface area contributed by atoms with Crippen LogP contribution >= 0.6 is 11.8 Å². The first-order chi connectivity index (χ1) is 15.2. The molecule has 1 saturated heterocycles. The Kier molecular flexibility index (Phi) is 5.49. The summed E-state index contributed by atoms with van der Waals surface area (Å²) >= 11 is 1.55. The standard InChI is InChI=1S/C25H23N3O2S/c29-24-20-8-4-5-9-22(20)31-23-11-10-19(16-21(23)26-24)25(30)28-14-12-27(13-15-28)17-18-6-2-1-3-7-18/h1-11,16H,12-15,17H2,(H,26,29). The fraction of sp³-hybridized carbons (Fsp3) is 0.200. The molecule has 31 heavy (non-hydrogen) atoms. The van der Waals surface area contributed by atoms with Crippen LogP contribution in [0.5, 0.6) is 0 Å². The van der Waals surface area contributed by atoms with Crippen molar-refractivity contribution in [1.29, 1.82) is 0 Å². The van der Waals surface area contributed by atoms with E-state index in [0.29, 0.717) is 29.9 Å². The molecule has 3 aromatic rings. The van der Waals surface area contributed by atoms with Crippen LogP contribution in [-0.2, 0) is 6.54 Å². The molecule has 0 spiro atoms. The predicted molar refractivity (Wildman–Crippen MR) is 123 cm³/mol. The van der Waals surface area contributed by atoms with Gasteiger partial charge < -0.3 is 10.2 Å². The van der Waals surface area contributed by atoms with Crippen LogP contribution in [-0.4, -0.2) is 47.8 Å². The highest BCUT2D eigenvalue weighted by atomic mass is 32.2. The Morgan fingerprint density at radius 3 is 2.42 bits per heavy atom. The summed E-state index contributed by atoms with van der Waals surface area (Å²) in [7, 11) is 0. The molecular formula is C25H23N3O2S. The van der Waals surface area contributed by atoms with Crippen molar-refractivity contribution in [3.63, 3.8) is 0 Å². The van der Waals surface area contributed by atoms with E-state index in [9.17, 15) is 9.59 Å². The Morgan fingerprint density at radius 2 is 1.61 bits per heavy atom. The summed E-state index contributed by atoms with van der Waals surface area (Å²) in [5.41, 5.74) is 3.26. The van der Waals surface area contributed by atoms with Crippen molar-refractivity contribution >= 4 is 29.3 Å². The minimum atomic E-state index is -0.138. The molecule has 0 bridgehead atoms. The third kappa shape index (κ3) is 4.22. The molecule has 2 aliphatic heterocycles. The van der Waals surface area contributed by atoms with E-state index in [1.54, 1.807) is 11.8 Å². The second kappa shape index (κ2) is 8.57. The van der Waals surface area contributed by atoms with Crippen LogP contribution in [0.4, 0.5) is 5.69 Å². The third-order valence-electron chi connectivity index (χ3n) is 5.73. The van der Waals surface area contributed by atoms with Crippen LogP contribution < -0.4 is 5.32 Å². The largest absolute Gasteiger partial charge is 0.336 e. The lowest BCUT2D eigenvalue weighted by Gasteiger charge is -2.35. The second-order valence-corrected chi connectivity index (χ2v) is 8.90. The zero-order valence-corrected chi connectivity index (χ0v) is 17.9. The first-order valence-corrected chi connectivity index (χ1v) is 11.3. The Balaban J connectivity index is 1.27. The molecule has 2 heterocycles. The number of piperazine rings is 1. The monoisotopic (exact) mass is 429 g/mol. The normalized spacial score (nSPS) is 16.1. The molecule has 0 unspecified atom stereocenters. The number of hydrogen-bond donors (Lipinski definition) is 1. The van der Waals surface area contributed by atoms with Crippen LogP contribution in [0, 0.1) is 0 Å². The van der Waals surface area contributed by atoms with Crippen LogP contribution in [0.2, 0.25) is 0 Å². The van der Waals surface area contributed by atoms with Gasteiger partial charge in [-0.1, -0.05) is 54.2 Å². The van der Waals surface area contributed by atoms with Gasteiger partial charge in [0, 0.05) is 48.1 Å². The predicted octanol–water partition coefficient (Wildman–Crippen LogP) is 4.36. The second-order valence-electron chi connectivity index (χ2n) is 7.82. The highest BCUT2D eigenvalue weighted by molar-refractivity contribution is 7.99. The number of nitrogens with zero attached hydrogens (tertiary/aromatic N) is 2. The number of amides is 2. The molecular weight excluding hydrogens is 406 g/mol. The van der Waals surface area contributed by atoms with Crippen LogP contribution in [0.1, 0.15) is 26.3 Å². The molecule has 0 atom stereocenters. The summed E-state index contributed by atoms with van der Waals surface area (Å²) < 4.78 is 0. The average molecular weight is 430 g/mol. The zero-order valence-electron chi connectivity index (χ0n) is 17.1. The molecule has 0 aromatic heterocycles. The topological polar surface area (TPSA) is 52.7 Å². The molecule has 1 N–H and O–H groups in total. The van der Waals surface area contributed by atoms with E-state index in [4.69, 9.17) is 0 Å². The van der Waals surface area contributed by atoms with Gasteiger partial charge in [0.25, 0.3) is 11.8 Å². The van der Waals surface area contributed by atoms with E-state index in [0.717, 1.165) is 29.4 Å². The first kappa shape index (κ1) is 19.8. The summed E-state index contributed by atoms with van der Waals surface area (Å²) in [6.07, 6.45) is 0. The Hall–Kier alpha value is -3.09. The summed E-state index contributed by atoms with van der Waals surface area (Å²) in [4.78, 5) is 31.9. The van der Waals surface area contributed by atoms with E-state index in [1.807, 2.05) is 53.4 Å². The molecule has 5 nitrogen and oxygen atoms in total. The van der Waals surface area contributed by atoms with Gasteiger partial charge in [-0.2, -0.15) is 0 Å². The zero-order chi connectivity index (χ0) is 21.2. The van der Waals surface area contributed by atoms with Crippen molar-refractivity contribution in [3.05, 3.63) is 89.5 Å². The Morgan fingerprint density at radius 1 is 0.871 bits per heavy atom. The van der Waals surface area contributed by atoms with Crippen LogP contribution in [0.15, 0.2) is 82.6 Å². The maximum Gasteiger partial charge on any atom is 0.256 e. The van der Waals surface area contributed by atoms with Gasteiger partial charge in [-0.15, -0.1) is 0 Å². The van der Waals surface area contributed by atoms with Crippen LogP contribution in [0.25, 0.3) is 0 Å². The summed E-state index contributed by atoms with van der Waals surface area (Å²) in [5, 5.41) is 2.97. The first-order valence-electron chi connectivity index (χ1n) is 10.5. The quantitative estimate of drug-likeness (QED) is 0.672. The fourth-order valence-electron chi connectivity index (χ4n) is 4.03. The summed E-state index contributed by atoms with van der Waals surface area (Å²) in [6.45, 7) is 4.02. The van der Waals surface area contributed by atoms with Gasteiger partial charge >= 0.3 is 0 Å². The fourth-order valence-corrected chi connectivity index (χ4v) is 5.04. The van der Waals surface area contributed by atoms with Gasteiger partial charge in [0.05, 0.1) is 11.3 Å².